The maximum absolute atomic E-state index is 12.6. The first-order valence-electron chi connectivity index (χ1n) is 9.31. The lowest BCUT2D eigenvalue weighted by Gasteiger charge is -2.35. The van der Waals surface area contributed by atoms with E-state index in [2.05, 4.69) is 0 Å². The van der Waals surface area contributed by atoms with Crippen molar-refractivity contribution in [2.24, 2.45) is 0 Å². The van der Waals surface area contributed by atoms with E-state index in [0.29, 0.717) is 50.8 Å². The van der Waals surface area contributed by atoms with Crippen LogP contribution in [0.15, 0.2) is 18.2 Å². The van der Waals surface area contributed by atoms with E-state index in [1.165, 1.54) is 11.8 Å². The van der Waals surface area contributed by atoms with Crippen LogP contribution in [-0.2, 0) is 20.9 Å². The Labute approximate surface area is 163 Å². The highest BCUT2D eigenvalue weighted by molar-refractivity contribution is 5.84. The lowest BCUT2D eigenvalue weighted by atomic mass is 10.2. The van der Waals surface area contributed by atoms with Crippen molar-refractivity contribution in [1.29, 1.82) is 0 Å². The number of carbonyl (C=O) groups is 3. The van der Waals surface area contributed by atoms with Gasteiger partial charge in [0.15, 0.2) is 11.5 Å². The smallest absolute Gasteiger partial charge is 0.409 e. The van der Waals surface area contributed by atoms with Crippen LogP contribution < -0.4 is 9.47 Å². The predicted molar refractivity (Wildman–Crippen MR) is 98.8 cm³/mol. The Morgan fingerprint density at radius 3 is 2.43 bits per heavy atom. The quantitative estimate of drug-likeness (QED) is 0.746. The van der Waals surface area contributed by atoms with Crippen LogP contribution in [0.3, 0.4) is 0 Å². The number of rotatable bonds is 5. The van der Waals surface area contributed by atoms with Crippen molar-refractivity contribution in [3.8, 4) is 11.5 Å². The number of hydrogen-bond donors (Lipinski definition) is 0. The number of fused-ring (bicyclic) bond motifs is 1. The van der Waals surface area contributed by atoms with Gasteiger partial charge in [-0.1, -0.05) is 6.07 Å². The number of nitrogens with zero attached hydrogens (tertiary/aromatic N) is 3. The van der Waals surface area contributed by atoms with Gasteiger partial charge in [-0.2, -0.15) is 0 Å². The van der Waals surface area contributed by atoms with Crippen LogP contribution in [0.1, 0.15) is 19.4 Å². The van der Waals surface area contributed by atoms with E-state index in [1.54, 1.807) is 22.8 Å². The molecule has 3 amide bonds. The fourth-order valence-electron chi connectivity index (χ4n) is 3.15. The SMILES string of the molecule is CCOC(=O)N1CCN(C(=O)CN(Cc2ccc3c(c2)OCO3)C(C)=O)CC1. The molecule has 1 aromatic rings. The summed E-state index contributed by atoms with van der Waals surface area (Å²) in [6, 6.07) is 5.47. The molecular weight excluding hydrogens is 366 g/mol. The van der Waals surface area contributed by atoms with Gasteiger partial charge >= 0.3 is 6.09 Å². The number of ether oxygens (including phenoxy) is 3. The maximum Gasteiger partial charge on any atom is 0.409 e. The number of benzene rings is 1. The van der Waals surface area contributed by atoms with Crippen molar-refractivity contribution in [2.45, 2.75) is 20.4 Å². The van der Waals surface area contributed by atoms with Crippen LogP contribution in [-0.4, -0.2) is 78.7 Å². The summed E-state index contributed by atoms with van der Waals surface area (Å²) in [4.78, 5) is 41.2. The van der Waals surface area contributed by atoms with Crippen LogP contribution in [0.25, 0.3) is 0 Å². The number of carbonyl (C=O) groups excluding carboxylic acids is 3. The van der Waals surface area contributed by atoms with Gasteiger partial charge in [-0.3, -0.25) is 9.59 Å². The molecule has 0 radical (unpaired) electrons. The van der Waals surface area contributed by atoms with Gasteiger partial charge in [0.05, 0.1) is 6.61 Å². The highest BCUT2D eigenvalue weighted by Gasteiger charge is 2.26. The Kier molecular flexibility index (Phi) is 6.23. The van der Waals surface area contributed by atoms with Gasteiger partial charge in [-0.05, 0) is 24.6 Å². The molecule has 0 spiro atoms. The molecule has 9 heteroatoms. The Bertz CT molecular complexity index is 745. The summed E-state index contributed by atoms with van der Waals surface area (Å²) in [5.74, 6) is 0.992. The average Bonchev–Trinajstić information content (AvgIpc) is 3.15. The molecule has 152 valence electrons. The summed E-state index contributed by atoms with van der Waals surface area (Å²) >= 11 is 0. The predicted octanol–water partition coefficient (Wildman–Crippen LogP) is 1.06. The van der Waals surface area contributed by atoms with E-state index in [-0.39, 0.29) is 31.2 Å². The molecule has 0 saturated carbocycles. The second-order valence-electron chi connectivity index (χ2n) is 6.63. The average molecular weight is 391 g/mol. The molecule has 1 aromatic carbocycles. The standard InChI is InChI=1S/C19H25N3O6/c1-3-26-19(25)21-8-6-20(7-9-21)18(24)12-22(14(2)23)11-15-4-5-16-17(10-15)28-13-27-16/h4-5,10H,3,6-9,11-13H2,1-2H3. The molecule has 0 N–H and O–H groups in total. The van der Waals surface area contributed by atoms with Crippen LogP contribution in [0, 0.1) is 0 Å². The Balaban J connectivity index is 1.55. The van der Waals surface area contributed by atoms with Crippen LogP contribution >= 0.6 is 0 Å². The van der Waals surface area contributed by atoms with Gasteiger partial charge in [0.25, 0.3) is 0 Å². The number of amides is 3. The van der Waals surface area contributed by atoms with E-state index in [0.717, 1.165) is 5.56 Å². The maximum atomic E-state index is 12.6. The summed E-state index contributed by atoms with van der Waals surface area (Å²) in [5.41, 5.74) is 0.861. The number of piperazine rings is 1. The third kappa shape index (κ3) is 4.65. The summed E-state index contributed by atoms with van der Waals surface area (Å²) in [6.45, 7) is 5.70. The molecule has 0 atom stereocenters. The Morgan fingerprint density at radius 1 is 1.07 bits per heavy atom. The number of hydrogen-bond acceptors (Lipinski definition) is 6. The van der Waals surface area contributed by atoms with Crippen molar-refractivity contribution in [2.75, 3.05) is 46.1 Å². The largest absolute Gasteiger partial charge is 0.454 e. The molecule has 9 nitrogen and oxygen atoms in total. The third-order valence-electron chi connectivity index (χ3n) is 4.74. The van der Waals surface area contributed by atoms with Crippen molar-refractivity contribution >= 4 is 17.9 Å². The minimum atomic E-state index is -0.359. The van der Waals surface area contributed by atoms with Gasteiger partial charge in [0.1, 0.15) is 6.54 Å². The molecule has 28 heavy (non-hydrogen) atoms. The monoisotopic (exact) mass is 391 g/mol. The summed E-state index contributed by atoms with van der Waals surface area (Å²) in [5, 5.41) is 0. The first kappa shape index (κ1) is 19.8. The molecule has 1 fully saturated rings. The molecule has 3 rings (SSSR count). The molecule has 0 aliphatic carbocycles. The third-order valence-corrected chi connectivity index (χ3v) is 4.74. The molecular formula is C19H25N3O6. The zero-order valence-corrected chi connectivity index (χ0v) is 16.2. The van der Waals surface area contributed by atoms with Gasteiger partial charge in [0, 0.05) is 39.6 Å². The molecule has 0 unspecified atom stereocenters. The first-order chi connectivity index (χ1) is 13.5. The minimum Gasteiger partial charge on any atom is -0.454 e. The molecule has 0 bridgehead atoms. The van der Waals surface area contributed by atoms with Crippen molar-refractivity contribution < 1.29 is 28.6 Å². The highest BCUT2D eigenvalue weighted by atomic mass is 16.7. The molecule has 0 aromatic heterocycles. The van der Waals surface area contributed by atoms with Crippen molar-refractivity contribution in [3.05, 3.63) is 23.8 Å². The van der Waals surface area contributed by atoms with Gasteiger partial charge < -0.3 is 28.9 Å². The molecule has 2 aliphatic heterocycles. The summed E-state index contributed by atoms with van der Waals surface area (Å²) < 4.78 is 15.6. The second kappa shape index (κ2) is 8.81. The molecule has 2 heterocycles. The fourth-order valence-corrected chi connectivity index (χ4v) is 3.15. The van der Waals surface area contributed by atoms with Crippen LogP contribution in [0.4, 0.5) is 4.79 Å². The van der Waals surface area contributed by atoms with Gasteiger partial charge in [-0.15, -0.1) is 0 Å². The van der Waals surface area contributed by atoms with Crippen LogP contribution in [0.2, 0.25) is 0 Å². The van der Waals surface area contributed by atoms with E-state index >= 15 is 0 Å². The van der Waals surface area contributed by atoms with Gasteiger partial charge in [0.2, 0.25) is 18.6 Å². The lowest BCUT2D eigenvalue weighted by Crippen LogP contribution is -2.53. The van der Waals surface area contributed by atoms with E-state index in [9.17, 15) is 14.4 Å². The van der Waals surface area contributed by atoms with Crippen LogP contribution in [0.5, 0.6) is 11.5 Å². The minimum absolute atomic E-state index is 0.0107. The molecule has 2 aliphatic rings. The lowest BCUT2D eigenvalue weighted by molar-refractivity contribution is -0.140. The summed E-state index contributed by atoms with van der Waals surface area (Å²) in [7, 11) is 0. The van der Waals surface area contributed by atoms with E-state index in [4.69, 9.17) is 14.2 Å². The zero-order valence-electron chi connectivity index (χ0n) is 16.2. The Hall–Kier alpha value is -2.97. The summed E-state index contributed by atoms with van der Waals surface area (Å²) in [6.07, 6.45) is -0.359. The van der Waals surface area contributed by atoms with Gasteiger partial charge in [-0.25, -0.2) is 4.79 Å². The van der Waals surface area contributed by atoms with E-state index in [1.807, 2.05) is 12.1 Å². The second-order valence-corrected chi connectivity index (χ2v) is 6.63. The topological polar surface area (TPSA) is 88.6 Å². The Morgan fingerprint density at radius 2 is 1.75 bits per heavy atom. The zero-order chi connectivity index (χ0) is 20.1. The van der Waals surface area contributed by atoms with Crippen molar-refractivity contribution in [3.63, 3.8) is 0 Å². The molecule has 1 saturated heterocycles. The highest BCUT2D eigenvalue weighted by Crippen LogP contribution is 2.32. The van der Waals surface area contributed by atoms with Crippen molar-refractivity contribution in [1.82, 2.24) is 14.7 Å². The van der Waals surface area contributed by atoms with E-state index < -0.39 is 0 Å². The fraction of sp³-hybridized carbons (Fsp3) is 0.526. The normalized spacial score (nSPS) is 15.4. The first-order valence-corrected chi connectivity index (χ1v) is 9.31.